The van der Waals surface area contributed by atoms with Crippen molar-refractivity contribution < 1.29 is 13.2 Å². The normalized spacial score (nSPS) is 11.9. The molecule has 156 valence electrons. The number of fused-ring (bicyclic) bond motifs is 1. The van der Waals surface area contributed by atoms with Crippen LogP contribution in [0.5, 0.6) is 5.75 Å². The van der Waals surface area contributed by atoms with Gasteiger partial charge in [-0.1, -0.05) is 31.9 Å². The highest BCUT2D eigenvalue weighted by atomic mass is 35.7. The SMILES string of the molecule is CCCOc1ccc(S(=O)(=O)Cl)cc1-c1nc2c(CCC)c(Cl)n(C)c2c(=O)[nH]1. The molecular weight excluding hydrogens is 437 g/mol. The predicted molar refractivity (Wildman–Crippen MR) is 115 cm³/mol. The zero-order valence-corrected chi connectivity index (χ0v) is 18.6. The second-order valence-electron chi connectivity index (χ2n) is 6.63. The number of nitrogens with one attached hydrogen (secondary N) is 1. The molecular formula is C19H21Cl2N3O4S. The molecule has 1 aromatic carbocycles. The molecule has 0 saturated carbocycles. The van der Waals surface area contributed by atoms with Crippen molar-refractivity contribution in [1.82, 2.24) is 14.5 Å². The zero-order valence-electron chi connectivity index (χ0n) is 16.3. The molecule has 7 nitrogen and oxygen atoms in total. The van der Waals surface area contributed by atoms with Crippen LogP contribution in [-0.2, 0) is 22.5 Å². The minimum absolute atomic E-state index is 0.111. The van der Waals surface area contributed by atoms with E-state index in [9.17, 15) is 13.2 Å². The maximum Gasteiger partial charge on any atom is 0.275 e. The molecule has 0 aliphatic rings. The maximum atomic E-state index is 12.8. The van der Waals surface area contributed by atoms with Crippen LogP contribution in [0.2, 0.25) is 5.15 Å². The fraction of sp³-hybridized carbons (Fsp3) is 0.368. The predicted octanol–water partition coefficient (Wildman–Crippen LogP) is 4.25. The maximum absolute atomic E-state index is 12.8. The highest BCUT2D eigenvalue weighted by Gasteiger charge is 2.21. The molecule has 0 unspecified atom stereocenters. The average molecular weight is 458 g/mol. The molecule has 0 aliphatic carbocycles. The van der Waals surface area contributed by atoms with E-state index in [2.05, 4.69) is 9.97 Å². The van der Waals surface area contributed by atoms with Crippen LogP contribution in [0.1, 0.15) is 32.3 Å². The van der Waals surface area contributed by atoms with Gasteiger partial charge < -0.3 is 14.3 Å². The second-order valence-corrected chi connectivity index (χ2v) is 9.56. The van der Waals surface area contributed by atoms with E-state index in [-0.39, 0.29) is 16.3 Å². The lowest BCUT2D eigenvalue weighted by molar-refractivity contribution is 0.318. The number of hydrogen-bond acceptors (Lipinski definition) is 5. The van der Waals surface area contributed by atoms with Gasteiger partial charge in [-0.2, -0.15) is 0 Å². The smallest absolute Gasteiger partial charge is 0.275 e. The van der Waals surface area contributed by atoms with E-state index in [1.54, 1.807) is 11.6 Å². The Hall–Kier alpha value is -2.03. The van der Waals surface area contributed by atoms with E-state index in [1.807, 2.05) is 13.8 Å². The molecule has 3 aromatic rings. The Morgan fingerprint density at radius 1 is 1.24 bits per heavy atom. The minimum Gasteiger partial charge on any atom is -0.493 e. The van der Waals surface area contributed by atoms with Crippen molar-refractivity contribution >= 4 is 42.4 Å². The standard InChI is InChI=1S/C19H21Cl2N3O4S/c1-4-6-12-15-16(24(3)17(12)20)19(25)23-18(22-15)13-10-11(29(21,26)27)7-8-14(13)28-9-5-2/h7-8,10H,4-6,9H2,1-3H3,(H,22,23,25). The van der Waals surface area contributed by atoms with Crippen molar-refractivity contribution in [1.29, 1.82) is 0 Å². The highest BCUT2D eigenvalue weighted by molar-refractivity contribution is 8.13. The topological polar surface area (TPSA) is 94.1 Å². The summed E-state index contributed by atoms with van der Waals surface area (Å²) in [6, 6.07) is 4.21. The number of halogens is 2. The summed E-state index contributed by atoms with van der Waals surface area (Å²) >= 11 is 6.42. The van der Waals surface area contributed by atoms with Crippen molar-refractivity contribution in [2.75, 3.05) is 6.61 Å². The van der Waals surface area contributed by atoms with Gasteiger partial charge in [0.15, 0.2) is 0 Å². The van der Waals surface area contributed by atoms with E-state index < -0.39 is 9.05 Å². The summed E-state index contributed by atoms with van der Waals surface area (Å²) < 4.78 is 31.0. The molecule has 29 heavy (non-hydrogen) atoms. The molecule has 3 rings (SSSR count). The molecule has 0 saturated heterocycles. The molecule has 10 heteroatoms. The number of aromatic nitrogens is 3. The van der Waals surface area contributed by atoms with Crippen molar-refractivity contribution in [3.05, 3.63) is 39.3 Å². The van der Waals surface area contributed by atoms with Crippen LogP contribution < -0.4 is 10.3 Å². The fourth-order valence-corrected chi connectivity index (χ4v) is 4.22. The molecule has 0 atom stereocenters. The minimum atomic E-state index is -3.97. The van der Waals surface area contributed by atoms with E-state index in [0.717, 1.165) is 18.4 Å². The number of benzene rings is 1. The summed E-state index contributed by atoms with van der Waals surface area (Å²) in [5.74, 6) is 0.591. The number of rotatable bonds is 7. The van der Waals surface area contributed by atoms with E-state index in [1.165, 1.54) is 18.2 Å². The van der Waals surface area contributed by atoms with Crippen molar-refractivity contribution in [3.63, 3.8) is 0 Å². The van der Waals surface area contributed by atoms with Crippen molar-refractivity contribution in [2.45, 2.75) is 38.0 Å². The van der Waals surface area contributed by atoms with Gasteiger partial charge >= 0.3 is 0 Å². The summed E-state index contributed by atoms with van der Waals surface area (Å²) in [4.78, 5) is 20.0. The third-order valence-electron chi connectivity index (χ3n) is 4.51. The number of H-pyrrole nitrogens is 1. The van der Waals surface area contributed by atoms with Gasteiger partial charge in [-0.05, 0) is 31.0 Å². The molecule has 0 radical (unpaired) electrons. The second kappa shape index (κ2) is 8.38. The van der Waals surface area contributed by atoms with Gasteiger partial charge in [0.25, 0.3) is 14.6 Å². The average Bonchev–Trinajstić information content (AvgIpc) is 2.91. The first-order valence-corrected chi connectivity index (χ1v) is 11.9. The Kier molecular flexibility index (Phi) is 6.26. The number of aryl methyl sites for hydroxylation is 2. The largest absolute Gasteiger partial charge is 0.493 e. The third kappa shape index (κ3) is 4.15. The Bertz CT molecular complexity index is 1230. The molecule has 2 aromatic heterocycles. The Balaban J connectivity index is 2.32. The monoisotopic (exact) mass is 457 g/mol. The first-order valence-electron chi connectivity index (χ1n) is 9.18. The fourth-order valence-electron chi connectivity index (χ4n) is 3.17. The zero-order chi connectivity index (χ0) is 21.3. The lowest BCUT2D eigenvalue weighted by Crippen LogP contribution is -2.13. The highest BCUT2D eigenvalue weighted by Crippen LogP contribution is 2.33. The molecule has 2 heterocycles. The van der Waals surface area contributed by atoms with Crippen molar-refractivity contribution in [2.24, 2.45) is 7.05 Å². The van der Waals surface area contributed by atoms with Gasteiger partial charge in [-0.25, -0.2) is 13.4 Å². The van der Waals surface area contributed by atoms with Crippen LogP contribution in [-0.4, -0.2) is 29.6 Å². The Labute approximate surface area is 178 Å². The first-order chi connectivity index (χ1) is 13.7. The number of hydrogen-bond donors (Lipinski definition) is 1. The number of nitrogens with zero attached hydrogens (tertiary/aromatic N) is 2. The lowest BCUT2D eigenvalue weighted by Gasteiger charge is -2.12. The lowest BCUT2D eigenvalue weighted by atomic mass is 10.1. The van der Waals surface area contributed by atoms with E-state index in [4.69, 9.17) is 27.0 Å². The van der Waals surface area contributed by atoms with Gasteiger partial charge in [-0.3, -0.25) is 4.79 Å². The molecule has 0 amide bonds. The van der Waals surface area contributed by atoms with E-state index >= 15 is 0 Å². The van der Waals surface area contributed by atoms with Crippen LogP contribution in [0.15, 0.2) is 27.9 Å². The van der Waals surface area contributed by atoms with Crippen LogP contribution >= 0.6 is 22.3 Å². The molecule has 0 bridgehead atoms. The van der Waals surface area contributed by atoms with Crippen LogP contribution in [0.4, 0.5) is 0 Å². The summed E-state index contributed by atoms with van der Waals surface area (Å²) in [7, 11) is 3.24. The van der Waals surface area contributed by atoms with Crippen LogP contribution in [0.3, 0.4) is 0 Å². The van der Waals surface area contributed by atoms with E-state index in [0.29, 0.717) is 40.5 Å². The Morgan fingerprint density at radius 2 is 1.97 bits per heavy atom. The Morgan fingerprint density at radius 3 is 2.59 bits per heavy atom. The summed E-state index contributed by atoms with van der Waals surface area (Å²) in [6.07, 6.45) is 2.24. The first kappa shape index (κ1) is 21.7. The number of ether oxygens (including phenoxy) is 1. The van der Waals surface area contributed by atoms with Gasteiger partial charge in [0.1, 0.15) is 27.8 Å². The molecule has 0 aliphatic heterocycles. The summed E-state index contributed by atoms with van der Waals surface area (Å²) in [5, 5.41) is 0.455. The van der Waals surface area contributed by atoms with Crippen LogP contribution in [0.25, 0.3) is 22.4 Å². The molecule has 0 spiro atoms. The molecule has 1 N–H and O–H groups in total. The van der Waals surface area contributed by atoms with Gasteiger partial charge in [0, 0.05) is 23.3 Å². The van der Waals surface area contributed by atoms with Gasteiger partial charge in [0.05, 0.1) is 17.1 Å². The quantitative estimate of drug-likeness (QED) is 0.535. The van der Waals surface area contributed by atoms with Crippen molar-refractivity contribution in [3.8, 4) is 17.1 Å². The molecule has 0 fully saturated rings. The number of aromatic amines is 1. The summed E-state index contributed by atoms with van der Waals surface area (Å²) in [6.45, 7) is 4.38. The van der Waals surface area contributed by atoms with Gasteiger partial charge in [-0.15, -0.1) is 0 Å². The third-order valence-corrected chi connectivity index (χ3v) is 6.34. The van der Waals surface area contributed by atoms with Crippen LogP contribution in [0, 0.1) is 0 Å². The summed E-state index contributed by atoms with van der Waals surface area (Å²) in [5.41, 5.74) is 1.58. The van der Waals surface area contributed by atoms with Gasteiger partial charge in [0.2, 0.25) is 0 Å².